The predicted molar refractivity (Wildman–Crippen MR) is 71.9 cm³/mol. The third-order valence-electron chi connectivity index (χ3n) is 3.05. The minimum absolute atomic E-state index is 0.0613. The monoisotopic (exact) mass is 304 g/mol. The van der Waals surface area contributed by atoms with Crippen LogP contribution in [0, 0.1) is 13.8 Å². The van der Waals surface area contributed by atoms with E-state index in [9.17, 15) is 4.79 Å². The Bertz CT molecular complexity index is 795. The van der Waals surface area contributed by atoms with Gasteiger partial charge in [-0.25, -0.2) is 9.97 Å². The Morgan fingerprint density at radius 1 is 1.28 bits per heavy atom. The first-order valence-electron chi connectivity index (χ1n) is 5.44. The molecule has 0 atom stereocenters. The molecule has 0 fully saturated rings. The van der Waals surface area contributed by atoms with E-state index in [1.165, 1.54) is 0 Å². The van der Waals surface area contributed by atoms with Gasteiger partial charge in [-0.15, -0.1) is 0 Å². The molecule has 2 aliphatic rings. The predicted octanol–water partition coefficient (Wildman–Crippen LogP) is 3.07. The van der Waals surface area contributed by atoms with Gasteiger partial charge < -0.3 is 4.42 Å². The molecule has 0 amide bonds. The molecule has 1 aromatic heterocycles. The molecule has 90 valence electrons. The average molecular weight is 305 g/mol. The highest BCUT2D eigenvalue weighted by Gasteiger charge is 2.21. The van der Waals surface area contributed by atoms with Crippen LogP contribution >= 0.6 is 15.9 Å². The molecule has 5 heteroatoms. The molecular formula is C13H9BrN2O2. The fraction of sp³-hybridized carbons (Fsp3) is 0.154. The summed E-state index contributed by atoms with van der Waals surface area (Å²) in [4.78, 5) is 20.6. The Balaban J connectivity index is 2.58. The summed E-state index contributed by atoms with van der Waals surface area (Å²) in [7, 11) is 0. The molecule has 0 unspecified atom stereocenters. The van der Waals surface area contributed by atoms with Gasteiger partial charge in [0.2, 0.25) is 0 Å². The van der Waals surface area contributed by atoms with Crippen molar-refractivity contribution in [3.05, 3.63) is 44.2 Å². The van der Waals surface area contributed by atoms with Crippen molar-refractivity contribution in [2.24, 2.45) is 0 Å². The molecule has 0 saturated carbocycles. The molecule has 1 aliphatic heterocycles. The van der Waals surface area contributed by atoms with Crippen LogP contribution in [0.5, 0.6) is 0 Å². The second kappa shape index (κ2) is 3.88. The molecule has 0 N–H and O–H groups in total. The number of pyridine rings is 1. The fourth-order valence-electron chi connectivity index (χ4n) is 1.88. The molecule has 0 bridgehead atoms. The van der Waals surface area contributed by atoms with Crippen LogP contribution < -0.4 is 5.43 Å². The van der Waals surface area contributed by atoms with Crippen molar-refractivity contribution < 1.29 is 4.42 Å². The lowest BCUT2D eigenvalue weighted by Crippen LogP contribution is -2.12. The smallest absolute Gasteiger partial charge is 0.199 e. The quantitative estimate of drug-likeness (QED) is 0.599. The van der Waals surface area contributed by atoms with Gasteiger partial charge in [-0.05, 0) is 47.5 Å². The summed E-state index contributed by atoms with van der Waals surface area (Å²) < 4.78 is 6.14. The SMILES string of the molecule is Cc1c2nc3ncccc3oc-2c(Br)c(=O)c1C. The van der Waals surface area contributed by atoms with Gasteiger partial charge in [0.25, 0.3) is 0 Å². The highest BCUT2D eigenvalue weighted by Crippen LogP contribution is 2.32. The summed E-state index contributed by atoms with van der Waals surface area (Å²) >= 11 is 3.28. The normalized spacial score (nSPS) is 11.3. The number of fused-ring (bicyclic) bond motifs is 2. The molecule has 0 aromatic carbocycles. The molecule has 1 aromatic rings. The van der Waals surface area contributed by atoms with E-state index < -0.39 is 0 Å². The number of rotatable bonds is 0. The van der Waals surface area contributed by atoms with Crippen LogP contribution in [-0.4, -0.2) is 9.97 Å². The number of benzene rings is 1. The van der Waals surface area contributed by atoms with Crippen LogP contribution in [0.2, 0.25) is 0 Å². The van der Waals surface area contributed by atoms with Gasteiger partial charge >= 0.3 is 0 Å². The Morgan fingerprint density at radius 3 is 2.83 bits per heavy atom. The van der Waals surface area contributed by atoms with E-state index in [2.05, 4.69) is 25.9 Å². The minimum Gasteiger partial charge on any atom is -0.450 e. The van der Waals surface area contributed by atoms with Gasteiger partial charge in [-0.1, -0.05) is 0 Å². The molecule has 0 saturated heterocycles. The average Bonchev–Trinajstić information content (AvgIpc) is 2.41. The topological polar surface area (TPSA) is 56.0 Å². The van der Waals surface area contributed by atoms with E-state index in [1.54, 1.807) is 25.3 Å². The van der Waals surface area contributed by atoms with Gasteiger partial charge in [-0.2, -0.15) is 0 Å². The maximum absolute atomic E-state index is 12.0. The van der Waals surface area contributed by atoms with Crippen LogP contribution in [0.1, 0.15) is 11.1 Å². The Hall–Kier alpha value is -1.75. The van der Waals surface area contributed by atoms with E-state index in [0.29, 0.717) is 32.7 Å². The maximum Gasteiger partial charge on any atom is 0.199 e. The lowest BCUT2D eigenvalue weighted by atomic mass is 10.0. The molecule has 0 spiro atoms. The minimum atomic E-state index is -0.0613. The first-order chi connectivity index (χ1) is 8.59. The number of nitrogens with zero attached hydrogens (tertiary/aromatic N) is 2. The van der Waals surface area contributed by atoms with Crippen molar-refractivity contribution >= 4 is 27.2 Å². The van der Waals surface area contributed by atoms with Crippen LogP contribution in [0.3, 0.4) is 0 Å². The van der Waals surface area contributed by atoms with Crippen molar-refractivity contribution in [2.45, 2.75) is 13.8 Å². The van der Waals surface area contributed by atoms with Crippen molar-refractivity contribution in [3.8, 4) is 11.5 Å². The Morgan fingerprint density at radius 2 is 2.06 bits per heavy atom. The summed E-state index contributed by atoms with van der Waals surface area (Å²) in [6.45, 7) is 3.65. The Labute approximate surface area is 111 Å². The van der Waals surface area contributed by atoms with Crippen molar-refractivity contribution in [1.82, 2.24) is 9.97 Å². The van der Waals surface area contributed by atoms with Gasteiger partial charge in [0.05, 0.1) is 0 Å². The molecule has 4 nitrogen and oxygen atoms in total. The van der Waals surface area contributed by atoms with Crippen LogP contribution in [0.25, 0.3) is 22.7 Å². The Kier molecular flexibility index (Phi) is 2.45. The zero-order valence-electron chi connectivity index (χ0n) is 9.82. The first-order valence-corrected chi connectivity index (χ1v) is 6.23. The highest BCUT2D eigenvalue weighted by molar-refractivity contribution is 9.10. The summed E-state index contributed by atoms with van der Waals surface area (Å²) in [6, 6.07) is 3.55. The molecule has 3 rings (SSSR count). The summed E-state index contributed by atoms with van der Waals surface area (Å²) in [6.07, 6.45) is 1.66. The third-order valence-corrected chi connectivity index (χ3v) is 3.77. The first kappa shape index (κ1) is 11.3. The number of aromatic nitrogens is 2. The van der Waals surface area contributed by atoms with Gasteiger partial charge in [0, 0.05) is 11.8 Å². The van der Waals surface area contributed by atoms with E-state index >= 15 is 0 Å². The lowest BCUT2D eigenvalue weighted by molar-refractivity contribution is 0.606. The molecule has 2 heterocycles. The van der Waals surface area contributed by atoms with E-state index in [-0.39, 0.29) is 5.43 Å². The zero-order chi connectivity index (χ0) is 12.9. The molecule has 18 heavy (non-hydrogen) atoms. The lowest BCUT2D eigenvalue weighted by Gasteiger charge is -2.11. The molecular weight excluding hydrogens is 296 g/mol. The van der Waals surface area contributed by atoms with Gasteiger partial charge in [0.1, 0.15) is 10.2 Å². The largest absolute Gasteiger partial charge is 0.450 e. The van der Waals surface area contributed by atoms with Crippen molar-refractivity contribution in [3.63, 3.8) is 0 Å². The van der Waals surface area contributed by atoms with Crippen LogP contribution in [0.15, 0.2) is 32.0 Å². The van der Waals surface area contributed by atoms with Crippen molar-refractivity contribution in [1.29, 1.82) is 0 Å². The third kappa shape index (κ3) is 1.47. The molecule has 1 aliphatic carbocycles. The summed E-state index contributed by atoms with van der Waals surface area (Å²) in [5.74, 6) is 0.476. The van der Waals surface area contributed by atoms with Crippen LogP contribution in [0.4, 0.5) is 0 Å². The molecule has 0 radical (unpaired) electrons. The number of hydrogen-bond acceptors (Lipinski definition) is 4. The summed E-state index contributed by atoms with van der Waals surface area (Å²) in [5.41, 5.74) is 3.22. The van der Waals surface area contributed by atoms with E-state index in [1.807, 2.05) is 6.92 Å². The number of halogens is 1. The highest BCUT2D eigenvalue weighted by atomic mass is 79.9. The fourth-order valence-corrected chi connectivity index (χ4v) is 2.45. The second-order valence-corrected chi connectivity index (χ2v) is 4.90. The van der Waals surface area contributed by atoms with E-state index in [4.69, 9.17) is 4.42 Å². The van der Waals surface area contributed by atoms with Crippen LogP contribution in [-0.2, 0) is 0 Å². The van der Waals surface area contributed by atoms with Crippen molar-refractivity contribution in [2.75, 3.05) is 0 Å². The van der Waals surface area contributed by atoms with Gasteiger partial charge in [0.15, 0.2) is 22.4 Å². The maximum atomic E-state index is 12.0. The van der Waals surface area contributed by atoms with Gasteiger partial charge in [-0.3, -0.25) is 4.79 Å². The standard InChI is InChI=1S/C13H9BrN2O2/c1-6-7(2)11(17)9(14)12-10(6)16-13-8(18-12)4-3-5-15-13/h3-5H,1-2H3. The zero-order valence-corrected chi connectivity index (χ0v) is 11.4. The summed E-state index contributed by atoms with van der Waals surface area (Å²) in [5, 5.41) is 0. The van der Waals surface area contributed by atoms with E-state index in [0.717, 1.165) is 5.56 Å². The second-order valence-electron chi connectivity index (χ2n) is 4.11. The number of hydrogen-bond donors (Lipinski definition) is 0.